The third-order valence-corrected chi connectivity index (χ3v) is 6.29. The molecule has 4 rings (SSSR count). The van der Waals surface area contributed by atoms with Gasteiger partial charge in [0.2, 0.25) is 12.5 Å². The lowest BCUT2D eigenvalue weighted by atomic mass is 9.80. The molecule has 0 unspecified atom stereocenters. The van der Waals surface area contributed by atoms with E-state index in [1.807, 2.05) is 0 Å². The fraction of sp³-hybridized carbons (Fsp3) is 0.714. The fourth-order valence-corrected chi connectivity index (χ4v) is 4.85. The minimum atomic E-state index is -0.373. The Bertz CT molecular complexity index is 704. The standard InChI is InChI=1S/C21H31NO5/c1-21(2)11-14(6-8-27-21)16(23)10-15-18-13(5-7-22(15)3)9-17-19(20(18)24-4)26-12-25-17/h9,14-16,23H,5-8,10-12H2,1-4H3/t14-,15-,16-/m0/s1. The number of fused-ring (bicyclic) bond motifs is 2. The Hall–Kier alpha value is -1.50. The van der Waals surface area contributed by atoms with Crippen molar-refractivity contribution >= 4 is 0 Å². The van der Waals surface area contributed by atoms with Gasteiger partial charge in [-0.3, -0.25) is 4.90 Å². The van der Waals surface area contributed by atoms with Gasteiger partial charge in [0.15, 0.2) is 11.5 Å². The maximum atomic E-state index is 11.1. The second-order valence-electron chi connectivity index (χ2n) is 8.63. The van der Waals surface area contributed by atoms with Crippen LogP contribution in [0.25, 0.3) is 0 Å². The van der Waals surface area contributed by atoms with Crippen LogP contribution in [0.1, 0.15) is 50.3 Å². The van der Waals surface area contributed by atoms with E-state index in [1.165, 1.54) is 5.56 Å². The highest BCUT2D eigenvalue weighted by Crippen LogP contribution is 2.50. The van der Waals surface area contributed by atoms with E-state index in [0.29, 0.717) is 18.8 Å². The van der Waals surface area contributed by atoms with Gasteiger partial charge in [0.05, 0.1) is 18.8 Å². The highest BCUT2D eigenvalue weighted by molar-refractivity contribution is 5.61. The largest absolute Gasteiger partial charge is 0.492 e. The van der Waals surface area contributed by atoms with Crippen molar-refractivity contribution in [2.24, 2.45) is 5.92 Å². The van der Waals surface area contributed by atoms with Gasteiger partial charge in [-0.25, -0.2) is 0 Å². The number of hydrogen-bond donors (Lipinski definition) is 1. The van der Waals surface area contributed by atoms with Crippen molar-refractivity contribution in [3.8, 4) is 17.2 Å². The van der Waals surface area contributed by atoms with Crippen LogP contribution in [0.3, 0.4) is 0 Å². The van der Waals surface area contributed by atoms with Crippen molar-refractivity contribution in [3.05, 3.63) is 17.2 Å². The average molecular weight is 377 g/mol. The van der Waals surface area contributed by atoms with Crippen molar-refractivity contribution in [1.82, 2.24) is 4.90 Å². The van der Waals surface area contributed by atoms with Crippen LogP contribution in [0.5, 0.6) is 17.2 Å². The summed E-state index contributed by atoms with van der Waals surface area (Å²) < 4.78 is 22.9. The molecule has 1 fully saturated rings. The summed E-state index contributed by atoms with van der Waals surface area (Å²) >= 11 is 0. The Morgan fingerprint density at radius 2 is 2.19 bits per heavy atom. The molecule has 3 atom stereocenters. The highest BCUT2D eigenvalue weighted by atomic mass is 16.7. The van der Waals surface area contributed by atoms with E-state index in [9.17, 15) is 5.11 Å². The molecule has 0 spiro atoms. The Morgan fingerprint density at radius 3 is 2.93 bits per heavy atom. The molecule has 3 aliphatic heterocycles. The molecule has 6 heteroatoms. The molecular weight excluding hydrogens is 346 g/mol. The summed E-state index contributed by atoms with van der Waals surface area (Å²) in [5.41, 5.74) is 2.21. The first-order valence-electron chi connectivity index (χ1n) is 9.91. The summed E-state index contributed by atoms with van der Waals surface area (Å²) in [6, 6.07) is 2.18. The molecule has 0 aliphatic carbocycles. The lowest BCUT2D eigenvalue weighted by molar-refractivity contribution is -0.0987. The molecule has 1 saturated heterocycles. The third-order valence-electron chi connectivity index (χ3n) is 6.29. The molecule has 1 aromatic carbocycles. The lowest BCUT2D eigenvalue weighted by Crippen LogP contribution is -2.41. The Morgan fingerprint density at radius 1 is 1.37 bits per heavy atom. The summed E-state index contributed by atoms with van der Waals surface area (Å²) in [6.07, 6.45) is 3.04. The van der Waals surface area contributed by atoms with Crippen LogP contribution in [-0.4, -0.2) is 55.8 Å². The van der Waals surface area contributed by atoms with Crippen molar-refractivity contribution in [3.63, 3.8) is 0 Å². The number of nitrogens with zero attached hydrogens (tertiary/aromatic N) is 1. The van der Waals surface area contributed by atoms with Gasteiger partial charge in [-0.1, -0.05) is 0 Å². The van der Waals surface area contributed by atoms with E-state index in [4.69, 9.17) is 18.9 Å². The smallest absolute Gasteiger partial charge is 0.231 e. The molecule has 3 heterocycles. The van der Waals surface area contributed by atoms with Crippen LogP contribution in [0.15, 0.2) is 6.07 Å². The summed E-state index contributed by atoms with van der Waals surface area (Å²) in [7, 11) is 3.80. The van der Waals surface area contributed by atoms with E-state index < -0.39 is 0 Å². The van der Waals surface area contributed by atoms with Gasteiger partial charge in [-0.2, -0.15) is 0 Å². The molecule has 27 heavy (non-hydrogen) atoms. The van der Waals surface area contributed by atoms with E-state index in [-0.39, 0.29) is 30.5 Å². The predicted molar refractivity (Wildman–Crippen MR) is 102 cm³/mol. The van der Waals surface area contributed by atoms with Crippen molar-refractivity contribution in [2.45, 2.75) is 57.3 Å². The topological polar surface area (TPSA) is 60.4 Å². The molecule has 0 bridgehead atoms. The molecule has 0 radical (unpaired) electrons. The third kappa shape index (κ3) is 3.50. The number of likely N-dealkylation sites (N-methyl/N-ethyl adjacent to an activating group) is 1. The van der Waals surface area contributed by atoms with Crippen LogP contribution < -0.4 is 14.2 Å². The Balaban J connectivity index is 1.62. The van der Waals surface area contributed by atoms with Crippen LogP contribution in [0, 0.1) is 5.92 Å². The summed E-state index contributed by atoms with van der Waals surface area (Å²) in [5, 5.41) is 11.1. The van der Waals surface area contributed by atoms with Crippen molar-refractivity contribution in [1.29, 1.82) is 0 Å². The van der Waals surface area contributed by atoms with E-state index >= 15 is 0 Å². The zero-order valence-corrected chi connectivity index (χ0v) is 16.8. The second kappa shape index (κ2) is 7.15. The predicted octanol–water partition coefficient (Wildman–Crippen LogP) is 2.91. The van der Waals surface area contributed by atoms with E-state index in [0.717, 1.165) is 42.9 Å². The van der Waals surface area contributed by atoms with Gasteiger partial charge in [0.1, 0.15) is 0 Å². The maximum Gasteiger partial charge on any atom is 0.231 e. The SMILES string of the molecule is COc1c2c(cc3c1[C@H](C[C@H](O)[C@H]1CCOC(C)(C)C1)N(C)CC3)OCO2. The number of benzene rings is 1. The molecule has 1 aromatic rings. The molecular formula is C21H31NO5. The van der Waals surface area contributed by atoms with Gasteiger partial charge in [0.25, 0.3) is 0 Å². The van der Waals surface area contributed by atoms with Gasteiger partial charge in [-0.05, 0) is 64.1 Å². The fourth-order valence-electron chi connectivity index (χ4n) is 4.85. The van der Waals surface area contributed by atoms with Crippen molar-refractivity contribution < 1.29 is 24.1 Å². The molecule has 0 aromatic heterocycles. The lowest BCUT2D eigenvalue weighted by Gasteiger charge is -2.41. The maximum absolute atomic E-state index is 11.1. The second-order valence-corrected chi connectivity index (χ2v) is 8.63. The Kier molecular flexibility index (Phi) is 4.99. The molecule has 1 N–H and O–H groups in total. The van der Waals surface area contributed by atoms with Crippen molar-refractivity contribution in [2.75, 3.05) is 34.1 Å². The highest BCUT2D eigenvalue weighted by Gasteiger charge is 2.38. The molecule has 0 amide bonds. The minimum absolute atomic E-state index is 0.0964. The number of hydrogen-bond acceptors (Lipinski definition) is 6. The monoisotopic (exact) mass is 377 g/mol. The zero-order valence-electron chi connectivity index (χ0n) is 16.8. The first kappa shape index (κ1) is 18.8. The van der Waals surface area contributed by atoms with Crippen LogP contribution in [-0.2, 0) is 11.2 Å². The molecule has 3 aliphatic rings. The summed E-state index contributed by atoms with van der Waals surface area (Å²) in [5.74, 6) is 2.47. The van der Waals surface area contributed by atoms with Crippen LogP contribution >= 0.6 is 0 Å². The van der Waals surface area contributed by atoms with Gasteiger partial charge in [0, 0.05) is 24.8 Å². The number of aliphatic hydroxyl groups is 1. The van der Waals surface area contributed by atoms with Gasteiger partial charge >= 0.3 is 0 Å². The molecule has 150 valence electrons. The van der Waals surface area contributed by atoms with Gasteiger partial charge < -0.3 is 24.1 Å². The Labute approximate surface area is 161 Å². The minimum Gasteiger partial charge on any atom is -0.492 e. The zero-order chi connectivity index (χ0) is 19.2. The number of ether oxygens (including phenoxy) is 4. The van der Waals surface area contributed by atoms with Gasteiger partial charge in [-0.15, -0.1) is 0 Å². The average Bonchev–Trinajstić information content (AvgIpc) is 3.09. The van der Waals surface area contributed by atoms with E-state index in [1.54, 1.807) is 7.11 Å². The number of aliphatic hydroxyl groups excluding tert-OH is 1. The summed E-state index contributed by atoms with van der Waals surface area (Å²) in [4.78, 5) is 2.32. The molecule has 0 saturated carbocycles. The van der Waals surface area contributed by atoms with Crippen LogP contribution in [0.4, 0.5) is 0 Å². The first-order valence-corrected chi connectivity index (χ1v) is 9.91. The number of rotatable bonds is 4. The van der Waals surface area contributed by atoms with Crippen LogP contribution in [0.2, 0.25) is 0 Å². The number of methoxy groups -OCH3 is 1. The normalized spacial score (nSPS) is 27.9. The first-order chi connectivity index (χ1) is 12.9. The van der Waals surface area contributed by atoms with E-state index in [2.05, 4.69) is 31.9 Å². The molecule has 6 nitrogen and oxygen atoms in total. The quantitative estimate of drug-likeness (QED) is 0.871. The summed E-state index contributed by atoms with van der Waals surface area (Å²) in [6.45, 7) is 6.12.